The SMILES string of the molecule is CC1C(O)CCC2C3(C)CCC4(C)C5CC(C)(C)CCC5(C)CCC4(C)C3=CCC12C. The van der Waals surface area contributed by atoms with Crippen LogP contribution in [0.3, 0.4) is 0 Å². The van der Waals surface area contributed by atoms with E-state index in [9.17, 15) is 5.11 Å². The van der Waals surface area contributed by atoms with Crippen LogP contribution in [-0.4, -0.2) is 11.2 Å². The second-order valence-electron chi connectivity index (χ2n) is 15.1. The Kier molecular flexibility index (Phi) is 4.66. The molecule has 5 rings (SSSR count). The van der Waals surface area contributed by atoms with E-state index in [1.54, 1.807) is 0 Å². The van der Waals surface area contributed by atoms with E-state index in [2.05, 4.69) is 61.5 Å². The smallest absolute Gasteiger partial charge is 0.0571 e. The molecule has 5 aliphatic carbocycles. The Morgan fingerprint density at radius 2 is 1.48 bits per heavy atom. The molecule has 4 saturated carbocycles. The van der Waals surface area contributed by atoms with E-state index in [-0.39, 0.29) is 11.5 Å². The van der Waals surface area contributed by atoms with Crippen LogP contribution in [0.1, 0.15) is 120 Å². The summed E-state index contributed by atoms with van der Waals surface area (Å²) in [6, 6.07) is 0. The molecule has 0 aliphatic heterocycles. The topological polar surface area (TPSA) is 20.2 Å². The first kappa shape index (κ1) is 22.5. The monoisotopic (exact) mass is 426 g/mol. The summed E-state index contributed by atoms with van der Waals surface area (Å²) in [6.07, 6.45) is 15.9. The second-order valence-corrected chi connectivity index (χ2v) is 15.1. The molecule has 0 bridgehead atoms. The van der Waals surface area contributed by atoms with E-state index >= 15 is 0 Å². The Morgan fingerprint density at radius 3 is 2.19 bits per heavy atom. The van der Waals surface area contributed by atoms with Crippen molar-refractivity contribution in [1.29, 1.82) is 0 Å². The second kappa shape index (κ2) is 6.43. The van der Waals surface area contributed by atoms with Crippen LogP contribution in [0.5, 0.6) is 0 Å². The lowest BCUT2D eigenvalue weighted by atomic mass is 9.32. The molecule has 1 heteroatoms. The van der Waals surface area contributed by atoms with Crippen LogP contribution in [-0.2, 0) is 0 Å². The third kappa shape index (κ3) is 2.71. The van der Waals surface area contributed by atoms with Gasteiger partial charge in [0.1, 0.15) is 0 Å². The van der Waals surface area contributed by atoms with Crippen LogP contribution in [0.15, 0.2) is 11.6 Å². The van der Waals surface area contributed by atoms with Crippen LogP contribution in [0, 0.1) is 50.2 Å². The lowest BCUT2D eigenvalue weighted by Gasteiger charge is -2.72. The van der Waals surface area contributed by atoms with Crippen molar-refractivity contribution in [3.8, 4) is 0 Å². The average molecular weight is 427 g/mol. The number of hydrogen-bond donors (Lipinski definition) is 1. The van der Waals surface area contributed by atoms with Gasteiger partial charge in [-0.05, 0) is 114 Å². The molecule has 31 heavy (non-hydrogen) atoms. The molecule has 176 valence electrons. The van der Waals surface area contributed by atoms with Gasteiger partial charge >= 0.3 is 0 Å². The van der Waals surface area contributed by atoms with E-state index in [1.807, 2.05) is 5.57 Å². The highest BCUT2D eigenvalue weighted by Gasteiger charge is 2.68. The Balaban J connectivity index is 1.59. The summed E-state index contributed by atoms with van der Waals surface area (Å²) in [5.74, 6) is 2.00. The summed E-state index contributed by atoms with van der Waals surface area (Å²) in [7, 11) is 0. The lowest BCUT2D eigenvalue weighted by Crippen LogP contribution is -2.64. The van der Waals surface area contributed by atoms with E-state index in [0.29, 0.717) is 33.0 Å². The van der Waals surface area contributed by atoms with Crippen LogP contribution in [0.4, 0.5) is 0 Å². The van der Waals surface area contributed by atoms with Crippen molar-refractivity contribution in [2.75, 3.05) is 0 Å². The molecule has 0 spiro atoms. The Bertz CT molecular complexity index is 794. The van der Waals surface area contributed by atoms with Crippen molar-refractivity contribution >= 4 is 0 Å². The highest BCUT2D eigenvalue weighted by Crippen LogP contribution is 2.77. The summed E-state index contributed by atoms with van der Waals surface area (Å²) >= 11 is 0. The fraction of sp³-hybridized carbons (Fsp3) is 0.933. The predicted octanol–water partition coefficient (Wildman–Crippen LogP) is 8.17. The van der Waals surface area contributed by atoms with Crippen molar-refractivity contribution < 1.29 is 5.11 Å². The maximum atomic E-state index is 10.7. The largest absolute Gasteiger partial charge is 0.393 e. The molecule has 0 radical (unpaired) electrons. The molecule has 1 N–H and O–H groups in total. The van der Waals surface area contributed by atoms with Crippen LogP contribution in [0.25, 0.3) is 0 Å². The van der Waals surface area contributed by atoms with Crippen molar-refractivity contribution in [2.24, 2.45) is 50.2 Å². The quantitative estimate of drug-likeness (QED) is 0.387. The molecule has 9 atom stereocenters. The minimum atomic E-state index is -0.107. The molecule has 0 aromatic carbocycles. The van der Waals surface area contributed by atoms with Gasteiger partial charge in [0, 0.05) is 0 Å². The van der Waals surface area contributed by atoms with Gasteiger partial charge < -0.3 is 5.11 Å². The number of aliphatic hydroxyl groups is 1. The van der Waals surface area contributed by atoms with Crippen molar-refractivity contribution in [3.63, 3.8) is 0 Å². The molecule has 4 fully saturated rings. The average Bonchev–Trinajstić information content (AvgIpc) is 2.69. The number of rotatable bonds is 0. The molecule has 0 heterocycles. The van der Waals surface area contributed by atoms with Crippen LogP contribution < -0.4 is 0 Å². The highest BCUT2D eigenvalue weighted by molar-refractivity contribution is 5.36. The van der Waals surface area contributed by atoms with E-state index in [1.165, 1.54) is 57.8 Å². The molecule has 9 unspecified atom stereocenters. The van der Waals surface area contributed by atoms with Gasteiger partial charge in [0.2, 0.25) is 0 Å². The maximum absolute atomic E-state index is 10.7. The Hall–Kier alpha value is -0.300. The third-order valence-corrected chi connectivity index (χ3v) is 13.2. The fourth-order valence-electron chi connectivity index (χ4n) is 10.6. The predicted molar refractivity (Wildman–Crippen MR) is 131 cm³/mol. The molecule has 0 saturated heterocycles. The first-order valence-corrected chi connectivity index (χ1v) is 13.6. The van der Waals surface area contributed by atoms with Gasteiger partial charge in [0.05, 0.1) is 6.10 Å². The normalized spacial score (nSPS) is 58.3. The molecule has 5 aliphatic rings. The number of hydrogen-bond acceptors (Lipinski definition) is 1. The zero-order valence-corrected chi connectivity index (χ0v) is 21.9. The highest BCUT2D eigenvalue weighted by atomic mass is 16.3. The van der Waals surface area contributed by atoms with E-state index in [0.717, 1.165) is 18.3 Å². The number of allylic oxidation sites excluding steroid dienone is 2. The molecular formula is C30H50O. The zero-order chi connectivity index (χ0) is 22.7. The van der Waals surface area contributed by atoms with Gasteiger partial charge in [0.15, 0.2) is 0 Å². The number of fused-ring (bicyclic) bond motifs is 7. The van der Waals surface area contributed by atoms with Crippen LogP contribution >= 0.6 is 0 Å². The van der Waals surface area contributed by atoms with Crippen molar-refractivity contribution in [1.82, 2.24) is 0 Å². The molecular weight excluding hydrogens is 376 g/mol. The molecule has 0 amide bonds. The summed E-state index contributed by atoms with van der Waals surface area (Å²) in [5.41, 5.74) is 4.26. The minimum Gasteiger partial charge on any atom is -0.393 e. The summed E-state index contributed by atoms with van der Waals surface area (Å²) < 4.78 is 0. The van der Waals surface area contributed by atoms with Crippen molar-refractivity contribution in [2.45, 2.75) is 126 Å². The molecule has 0 aromatic heterocycles. The van der Waals surface area contributed by atoms with Crippen molar-refractivity contribution in [3.05, 3.63) is 11.6 Å². The standard InChI is InChI=1S/C30H50O/c1-20-21(31)9-10-22-27(20,5)12-11-23-28(22,6)16-18-30(8)24-19-25(2,3)13-14-26(24,4)15-17-29(23,30)7/h11,20-22,24,31H,9-10,12-19H2,1-8H3. The van der Waals surface area contributed by atoms with Gasteiger partial charge in [-0.25, -0.2) is 0 Å². The van der Waals surface area contributed by atoms with Gasteiger partial charge in [0.25, 0.3) is 0 Å². The maximum Gasteiger partial charge on any atom is 0.0571 e. The van der Waals surface area contributed by atoms with Gasteiger partial charge in [-0.2, -0.15) is 0 Å². The van der Waals surface area contributed by atoms with Gasteiger partial charge in [-0.15, -0.1) is 0 Å². The summed E-state index contributed by atoms with van der Waals surface area (Å²) in [5, 5.41) is 10.7. The van der Waals surface area contributed by atoms with Crippen LogP contribution in [0.2, 0.25) is 0 Å². The van der Waals surface area contributed by atoms with Gasteiger partial charge in [-0.1, -0.05) is 67.0 Å². The fourth-order valence-corrected chi connectivity index (χ4v) is 10.6. The third-order valence-electron chi connectivity index (χ3n) is 13.2. The zero-order valence-electron chi connectivity index (χ0n) is 21.9. The summed E-state index contributed by atoms with van der Waals surface area (Å²) in [4.78, 5) is 0. The lowest BCUT2D eigenvalue weighted by molar-refractivity contribution is -0.182. The van der Waals surface area contributed by atoms with E-state index < -0.39 is 0 Å². The minimum absolute atomic E-state index is 0.107. The molecule has 0 aromatic rings. The van der Waals surface area contributed by atoms with Gasteiger partial charge in [-0.3, -0.25) is 0 Å². The summed E-state index contributed by atoms with van der Waals surface area (Å²) in [6.45, 7) is 20.6. The van der Waals surface area contributed by atoms with E-state index in [4.69, 9.17) is 0 Å². The molecule has 1 nitrogen and oxygen atoms in total. The number of aliphatic hydroxyl groups excluding tert-OH is 1. The Labute approximate surface area is 192 Å². The Morgan fingerprint density at radius 1 is 0.806 bits per heavy atom. The first-order chi connectivity index (χ1) is 14.2. The first-order valence-electron chi connectivity index (χ1n) is 13.6.